The standard InChI is InChI=1S/C23H25FN4O4S/c1-16-14-21(26-28(16)18-8-6-17(24)7-9-18)23(29)25-20-15-19(10-11-22(20)32-2)33(30,31)27-12-4-3-5-13-27/h6-11,14-15H,3-5,12-13H2,1-2H3,(H,25,29). The van der Waals surface area contributed by atoms with Crippen molar-refractivity contribution in [3.8, 4) is 11.4 Å². The van der Waals surface area contributed by atoms with Gasteiger partial charge in [-0.3, -0.25) is 4.79 Å². The molecule has 4 rings (SSSR count). The molecule has 0 bridgehead atoms. The summed E-state index contributed by atoms with van der Waals surface area (Å²) >= 11 is 0. The van der Waals surface area contributed by atoms with E-state index in [9.17, 15) is 17.6 Å². The lowest BCUT2D eigenvalue weighted by Gasteiger charge is -2.26. The Morgan fingerprint density at radius 3 is 2.42 bits per heavy atom. The molecule has 0 aliphatic carbocycles. The number of nitrogens with one attached hydrogen (secondary N) is 1. The van der Waals surface area contributed by atoms with E-state index in [2.05, 4.69) is 10.4 Å². The summed E-state index contributed by atoms with van der Waals surface area (Å²) < 4.78 is 47.7. The summed E-state index contributed by atoms with van der Waals surface area (Å²) in [4.78, 5) is 13.0. The van der Waals surface area contributed by atoms with Crippen LogP contribution in [0.15, 0.2) is 53.4 Å². The summed E-state index contributed by atoms with van der Waals surface area (Å²) in [5, 5.41) is 7.03. The highest BCUT2D eigenvalue weighted by atomic mass is 32.2. The Hall–Kier alpha value is -3.24. The third-order valence-corrected chi connectivity index (χ3v) is 7.46. The molecule has 174 valence electrons. The van der Waals surface area contributed by atoms with E-state index in [-0.39, 0.29) is 22.1 Å². The third-order valence-electron chi connectivity index (χ3n) is 5.56. The van der Waals surface area contributed by atoms with Gasteiger partial charge in [-0.15, -0.1) is 0 Å². The summed E-state index contributed by atoms with van der Waals surface area (Å²) in [6.07, 6.45) is 2.67. The van der Waals surface area contributed by atoms with Gasteiger partial charge in [-0.1, -0.05) is 6.42 Å². The predicted molar refractivity (Wildman–Crippen MR) is 122 cm³/mol. The summed E-state index contributed by atoms with van der Waals surface area (Å²) in [5.41, 5.74) is 1.65. The topological polar surface area (TPSA) is 93.5 Å². The lowest BCUT2D eigenvalue weighted by Crippen LogP contribution is -2.35. The number of nitrogens with zero attached hydrogens (tertiary/aromatic N) is 3. The molecular weight excluding hydrogens is 447 g/mol. The minimum atomic E-state index is -3.68. The molecule has 1 amide bonds. The Morgan fingerprint density at radius 2 is 1.76 bits per heavy atom. The average molecular weight is 473 g/mol. The third kappa shape index (κ3) is 4.76. The average Bonchev–Trinajstić information content (AvgIpc) is 3.22. The zero-order chi connectivity index (χ0) is 23.6. The molecule has 3 aromatic rings. The van der Waals surface area contributed by atoms with E-state index in [1.54, 1.807) is 25.1 Å². The molecule has 1 saturated heterocycles. The van der Waals surface area contributed by atoms with Crippen LogP contribution in [0, 0.1) is 12.7 Å². The SMILES string of the molecule is COc1ccc(S(=O)(=O)N2CCCCC2)cc1NC(=O)c1cc(C)n(-c2ccc(F)cc2)n1. The van der Waals surface area contributed by atoms with Crippen molar-refractivity contribution in [2.75, 3.05) is 25.5 Å². The molecule has 10 heteroatoms. The van der Waals surface area contributed by atoms with Crippen molar-refractivity contribution in [2.45, 2.75) is 31.1 Å². The molecule has 33 heavy (non-hydrogen) atoms. The molecular formula is C23H25FN4O4S. The number of rotatable bonds is 6. The number of anilines is 1. The normalized spacial score (nSPS) is 14.8. The highest BCUT2D eigenvalue weighted by Crippen LogP contribution is 2.30. The van der Waals surface area contributed by atoms with Crippen LogP contribution in [0.4, 0.5) is 10.1 Å². The number of aryl methyl sites for hydroxylation is 1. The fourth-order valence-corrected chi connectivity index (χ4v) is 5.36. The van der Waals surface area contributed by atoms with Gasteiger partial charge >= 0.3 is 0 Å². The first-order valence-electron chi connectivity index (χ1n) is 10.6. The number of benzene rings is 2. The maximum atomic E-state index is 13.2. The van der Waals surface area contributed by atoms with Crippen molar-refractivity contribution in [1.29, 1.82) is 0 Å². The predicted octanol–water partition coefficient (Wildman–Crippen LogP) is 3.76. The molecule has 1 N–H and O–H groups in total. The first kappa shape index (κ1) is 22.9. The minimum Gasteiger partial charge on any atom is -0.495 e. The second-order valence-corrected chi connectivity index (χ2v) is 9.78. The number of amides is 1. The van der Waals surface area contributed by atoms with Crippen LogP contribution in [0.5, 0.6) is 5.75 Å². The summed E-state index contributed by atoms with van der Waals surface area (Å²) in [6.45, 7) is 2.74. The number of halogens is 1. The maximum absolute atomic E-state index is 13.2. The van der Waals surface area contributed by atoms with E-state index in [4.69, 9.17) is 4.74 Å². The van der Waals surface area contributed by atoms with E-state index in [0.29, 0.717) is 30.2 Å². The molecule has 0 atom stereocenters. The van der Waals surface area contributed by atoms with Crippen LogP contribution in [0.3, 0.4) is 0 Å². The molecule has 0 unspecified atom stereocenters. The Labute approximate surface area is 192 Å². The summed E-state index contributed by atoms with van der Waals surface area (Å²) in [6, 6.07) is 11.8. The number of hydrogen-bond donors (Lipinski definition) is 1. The number of piperidine rings is 1. The molecule has 0 radical (unpaired) electrons. The van der Waals surface area contributed by atoms with Gasteiger partial charge in [-0.25, -0.2) is 17.5 Å². The van der Waals surface area contributed by atoms with Crippen LogP contribution in [-0.4, -0.2) is 48.6 Å². The molecule has 1 fully saturated rings. The van der Waals surface area contributed by atoms with Gasteiger partial charge in [0.2, 0.25) is 10.0 Å². The van der Waals surface area contributed by atoms with E-state index >= 15 is 0 Å². The van der Waals surface area contributed by atoms with Crippen molar-refractivity contribution < 1.29 is 22.3 Å². The fourth-order valence-electron chi connectivity index (χ4n) is 3.81. The Kier molecular flexibility index (Phi) is 6.48. The number of aromatic nitrogens is 2. The van der Waals surface area contributed by atoms with Gasteiger partial charge in [-0.2, -0.15) is 9.40 Å². The molecule has 0 spiro atoms. The van der Waals surface area contributed by atoms with Crippen LogP contribution in [-0.2, 0) is 10.0 Å². The molecule has 1 aromatic heterocycles. The van der Waals surface area contributed by atoms with E-state index < -0.39 is 15.9 Å². The number of ether oxygens (including phenoxy) is 1. The lowest BCUT2D eigenvalue weighted by molar-refractivity contribution is 0.102. The van der Waals surface area contributed by atoms with Gasteiger partial charge in [0.25, 0.3) is 5.91 Å². The summed E-state index contributed by atoms with van der Waals surface area (Å²) in [7, 11) is -2.23. The number of methoxy groups -OCH3 is 1. The summed E-state index contributed by atoms with van der Waals surface area (Å²) in [5.74, 6) is -0.562. The van der Waals surface area contributed by atoms with Crippen molar-refractivity contribution in [3.63, 3.8) is 0 Å². The van der Waals surface area contributed by atoms with E-state index in [1.807, 2.05) is 0 Å². The second kappa shape index (κ2) is 9.32. The molecule has 1 aliphatic heterocycles. The number of hydrogen-bond acceptors (Lipinski definition) is 5. The first-order chi connectivity index (χ1) is 15.8. The Balaban J connectivity index is 1.61. The molecule has 0 saturated carbocycles. The Bertz CT molecular complexity index is 1270. The van der Waals surface area contributed by atoms with Crippen molar-refractivity contribution in [1.82, 2.24) is 14.1 Å². The lowest BCUT2D eigenvalue weighted by atomic mass is 10.2. The highest BCUT2D eigenvalue weighted by molar-refractivity contribution is 7.89. The number of carbonyl (C=O) groups excluding carboxylic acids is 1. The van der Waals surface area contributed by atoms with Gasteiger partial charge in [0, 0.05) is 18.8 Å². The van der Waals surface area contributed by atoms with Crippen molar-refractivity contribution in [3.05, 3.63) is 65.7 Å². The fraction of sp³-hybridized carbons (Fsp3) is 0.304. The largest absolute Gasteiger partial charge is 0.495 e. The van der Waals surface area contributed by atoms with Crippen molar-refractivity contribution >= 4 is 21.6 Å². The van der Waals surface area contributed by atoms with Gasteiger partial charge in [0.05, 0.1) is 23.4 Å². The van der Waals surface area contributed by atoms with Gasteiger partial charge < -0.3 is 10.1 Å². The van der Waals surface area contributed by atoms with Crippen LogP contribution < -0.4 is 10.1 Å². The smallest absolute Gasteiger partial charge is 0.276 e. The number of sulfonamides is 1. The zero-order valence-corrected chi connectivity index (χ0v) is 19.2. The van der Waals surface area contributed by atoms with Crippen LogP contribution in [0.25, 0.3) is 5.69 Å². The zero-order valence-electron chi connectivity index (χ0n) is 18.4. The maximum Gasteiger partial charge on any atom is 0.276 e. The molecule has 2 aromatic carbocycles. The molecule has 8 nitrogen and oxygen atoms in total. The van der Waals surface area contributed by atoms with Crippen LogP contribution >= 0.6 is 0 Å². The Morgan fingerprint density at radius 1 is 1.06 bits per heavy atom. The number of carbonyl (C=O) groups is 1. The highest BCUT2D eigenvalue weighted by Gasteiger charge is 2.27. The minimum absolute atomic E-state index is 0.0912. The van der Waals surface area contributed by atoms with E-state index in [0.717, 1.165) is 19.3 Å². The van der Waals surface area contributed by atoms with Crippen molar-refractivity contribution in [2.24, 2.45) is 0 Å². The van der Waals surface area contributed by atoms with Gasteiger partial charge in [0.1, 0.15) is 11.6 Å². The van der Waals surface area contributed by atoms with Gasteiger partial charge in [0.15, 0.2) is 5.69 Å². The molecule has 2 heterocycles. The quantitative estimate of drug-likeness (QED) is 0.590. The second-order valence-electron chi connectivity index (χ2n) is 7.84. The molecule has 1 aliphatic rings. The van der Waals surface area contributed by atoms with Gasteiger partial charge in [-0.05, 0) is 68.3 Å². The first-order valence-corrected chi connectivity index (χ1v) is 12.1. The van der Waals surface area contributed by atoms with Crippen LogP contribution in [0.2, 0.25) is 0 Å². The van der Waals surface area contributed by atoms with E-state index in [1.165, 1.54) is 46.4 Å². The monoisotopic (exact) mass is 472 g/mol. The van der Waals surface area contributed by atoms with Crippen LogP contribution in [0.1, 0.15) is 35.4 Å².